The van der Waals surface area contributed by atoms with Crippen LogP contribution >= 0.6 is 0 Å². The van der Waals surface area contributed by atoms with Crippen molar-refractivity contribution >= 4 is 16.8 Å². The number of morpholine rings is 1. The predicted octanol–water partition coefficient (Wildman–Crippen LogP) is 3.31. The van der Waals surface area contributed by atoms with Crippen molar-refractivity contribution in [1.82, 2.24) is 14.8 Å². The maximum Gasteiger partial charge on any atom is 0.256 e. The molecule has 5 nitrogen and oxygen atoms in total. The van der Waals surface area contributed by atoms with Crippen LogP contribution in [0.1, 0.15) is 22.0 Å². The minimum Gasteiger partial charge on any atom is -0.373 e. The Morgan fingerprint density at radius 2 is 1.89 bits per heavy atom. The number of nitrogens with one attached hydrogen (secondary N) is 1. The van der Waals surface area contributed by atoms with E-state index in [0.29, 0.717) is 13.2 Å². The molecule has 1 amide bonds. The first-order valence-corrected chi connectivity index (χ1v) is 9.33. The maximum atomic E-state index is 13.5. The summed E-state index contributed by atoms with van der Waals surface area (Å²) in [4.78, 5) is 20.8. The first kappa shape index (κ1) is 17.8. The molecular weight excluding hydrogens is 338 g/mol. The predicted molar refractivity (Wildman–Crippen MR) is 107 cm³/mol. The third-order valence-corrected chi connectivity index (χ3v) is 5.12. The number of nitrogens with zero attached hydrogens (tertiary/aromatic N) is 2. The van der Waals surface area contributed by atoms with Gasteiger partial charge in [-0.3, -0.25) is 4.79 Å². The van der Waals surface area contributed by atoms with Gasteiger partial charge in [-0.1, -0.05) is 48.5 Å². The zero-order chi connectivity index (χ0) is 18.8. The van der Waals surface area contributed by atoms with Crippen molar-refractivity contribution in [3.05, 3.63) is 71.9 Å². The number of aromatic nitrogens is 1. The van der Waals surface area contributed by atoms with Gasteiger partial charge in [-0.05, 0) is 25.7 Å². The van der Waals surface area contributed by atoms with Crippen molar-refractivity contribution in [3.8, 4) is 0 Å². The summed E-state index contributed by atoms with van der Waals surface area (Å²) in [5.74, 6) is 0.0494. The summed E-state index contributed by atoms with van der Waals surface area (Å²) < 4.78 is 6.10. The van der Waals surface area contributed by atoms with E-state index in [4.69, 9.17) is 4.74 Å². The van der Waals surface area contributed by atoms with E-state index in [2.05, 4.69) is 22.0 Å². The monoisotopic (exact) mass is 363 g/mol. The number of aromatic amines is 1. The van der Waals surface area contributed by atoms with Gasteiger partial charge in [0, 0.05) is 30.2 Å². The first-order valence-electron chi connectivity index (χ1n) is 9.33. The average molecular weight is 363 g/mol. The third-order valence-electron chi connectivity index (χ3n) is 5.12. The molecule has 0 saturated carbocycles. The van der Waals surface area contributed by atoms with Crippen LogP contribution < -0.4 is 0 Å². The number of H-pyrrole nitrogens is 1. The van der Waals surface area contributed by atoms with Gasteiger partial charge in [-0.15, -0.1) is 0 Å². The van der Waals surface area contributed by atoms with Crippen LogP contribution in [-0.2, 0) is 4.74 Å². The second kappa shape index (κ2) is 7.55. The fraction of sp³-hybridized carbons (Fsp3) is 0.318. The molecule has 4 rings (SSSR count). The van der Waals surface area contributed by atoms with Crippen molar-refractivity contribution < 1.29 is 9.53 Å². The fourth-order valence-electron chi connectivity index (χ4n) is 3.92. The van der Waals surface area contributed by atoms with E-state index >= 15 is 0 Å². The zero-order valence-electron chi connectivity index (χ0n) is 15.8. The summed E-state index contributed by atoms with van der Waals surface area (Å²) in [7, 11) is 4.07. The lowest BCUT2D eigenvalue weighted by Gasteiger charge is -2.42. The Balaban J connectivity index is 1.73. The van der Waals surface area contributed by atoms with Crippen molar-refractivity contribution in [2.75, 3.05) is 33.8 Å². The van der Waals surface area contributed by atoms with Gasteiger partial charge in [0.1, 0.15) is 0 Å². The van der Waals surface area contributed by atoms with Crippen LogP contribution in [0.15, 0.2) is 60.8 Å². The van der Waals surface area contributed by atoms with E-state index in [0.717, 1.165) is 28.6 Å². The highest BCUT2D eigenvalue weighted by molar-refractivity contribution is 6.06. The Bertz CT molecular complexity index is 919. The third kappa shape index (κ3) is 3.48. The van der Waals surface area contributed by atoms with E-state index < -0.39 is 0 Å². The van der Waals surface area contributed by atoms with Gasteiger partial charge in [0.05, 0.1) is 24.3 Å². The Hall–Kier alpha value is -2.63. The largest absolute Gasteiger partial charge is 0.373 e. The Kier molecular flexibility index (Phi) is 4.97. The molecule has 1 aliphatic rings. The Morgan fingerprint density at radius 1 is 1.15 bits per heavy atom. The molecule has 1 aromatic heterocycles. The lowest BCUT2D eigenvalue weighted by Crippen LogP contribution is -2.51. The second-order valence-electron chi connectivity index (χ2n) is 7.27. The Morgan fingerprint density at radius 3 is 2.67 bits per heavy atom. The topological polar surface area (TPSA) is 48.6 Å². The highest BCUT2D eigenvalue weighted by atomic mass is 16.5. The first-order chi connectivity index (χ1) is 13.1. The maximum absolute atomic E-state index is 13.5. The van der Waals surface area contributed by atoms with E-state index in [1.165, 1.54) is 0 Å². The van der Waals surface area contributed by atoms with Crippen LogP contribution in [0.25, 0.3) is 10.9 Å². The SMILES string of the molecule is CN(C)C[C@@H]1OCCN(C(=O)c2c[nH]c3ccccc23)[C@H]1c1ccccc1. The molecule has 0 spiro atoms. The van der Waals surface area contributed by atoms with E-state index in [1.54, 1.807) is 0 Å². The normalized spacial score (nSPS) is 20.3. The number of likely N-dealkylation sites (N-methyl/N-ethyl adjacent to an activating group) is 1. The number of benzene rings is 2. The van der Waals surface area contributed by atoms with Gasteiger partial charge in [0.25, 0.3) is 5.91 Å². The molecule has 0 bridgehead atoms. The van der Waals surface area contributed by atoms with Crippen LogP contribution in [-0.4, -0.2) is 60.6 Å². The molecule has 3 aromatic rings. The summed E-state index contributed by atoms with van der Waals surface area (Å²) in [5.41, 5.74) is 2.81. The van der Waals surface area contributed by atoms with Crippen LogP contribution in [0.2, 0.25) is 0 Å². The van der Waals surface area contributed by atoms with Gasteiger partial charge >= 0.3 is 0 Å². The smallest absolute Gasteiger partial charge is 0.256 e. The number of fused-ring (bicyclic) bond motifs is 1. The summed E-state index contributed by atoms with van der Waals surface area (Å²) in [6.07, 6.45) is 1.76. The number of para-hydroxylation sites is 1. The minimum atomic E-state index is -0.108. The zero-order valence-corrected chi connectivity index (χ0v) is 15.8. The van der Waals surface area contributed by atoms with Gasteiger partial charge < -0.3 is 19.5 Å². The minimum absolute atomic E-state index is 0.0494. The van der Waals surface area contributed by atoms with Crippen LogP contribution in [0.3, 0.4) is 0 Å². The lowest BCUT2D eigenvalue weighted by molar-refractivity contribution is -0.0684. The lowest BCUT2D eigenvalue weighted by atomic mass is 9.96. The highest BCUT2D eigenvalue weighted by Crippen LogP contribution is 2.32. The van der Waals surface area contributed by atoms with Gasteiger partial charge in [-0.2, -0.15) is 0 Å². The summed E-state index contributed by atoms with van der Waals surface area (Å²) >= 11 is 0. The standard InChI is InChI=1S/C22H25N3O2/c1-24(2)15-20-21(16-8-4-3-5-9-16)25(12-13-27-20)22(26)18-14-23-19-11-7-6-10-17(18)19/h3-11,14,20-21,23H,12-13,15H2,1-2H3/t20-,21-/m0/s1. The quantitative estimate of drug-likeness (QED) is 0.774. The number of hydrogen-bond donors (Lipinski definition) is 1. The molecule has 2 atom stereocenters. The number of carbonyl (C=O) groups is 1. The Labute approximate surface area is 159 Å². The molecule has 1 N–H and O–H groups in total. The van der Waals surface area contributed by atoms with Crippen molar-refractivity contribution in [2.24, 2.45) is 0 Å². The summed E-state index contributed by atoms with van der Waals surface area (Å²) in [6, 6.07) is 18.0. The van der Waals surface area contributed by atoms with Crippen LogP contribution in [0.5, 0.6) is 0 Å². The molecule has 0 radical (unpaired) electrons. The molecular formula is C22H25N3O2. The van der Waals surface area contributed by atoms with E-state index in [-0.39, 0.29) is 18.1 Å². The van der Waals surface area contributed by atoms with Crippen molar-refractivity contribution in [1.29, 1.82) is 0 Å². The number of ether oxygens (including phenoxy) is 1. The molecule has 2 heterocycles. The van der Waals surface area contributed by atoms with Gasteiger partial charge in [0.15, 0.2) is 0 Å². The molecule has 1 aliphatic heterocycles. The molecule has 140 valence electrons. The number of hydrogen-bond acceptors (Lipinski definition) is 3. The van der Waals surface area contributed by atoms with Crippen LogP contribution in [0.4, 0.5) is 0 Å². The molecule has 0 unspecified atom stereocenters. The number of carbonyl (C=O) groups excluding carboxylic acids is 1. The molecule has 27 heavy (non-hydrogen) atoms. The highest BCUT2D eigenvalue weighted by Gasteiger charge is 2.37. The van der Waals surface area contributed by atoms with Gasteiger partial charge in [0.2, 0.25) is 0 Å². The summed E-state index contributed by atoms with van der Waals surface area (Å²) in [5, 5.41) is 0.963. The number of amides is 1. The van der Waals surface area contributed by atoms with Crippen molar-refractivity contribution in [3.63, 3.8) is 0 Å². The van der Waals surface area contributed by atoms with E-state index in [9.17, 15) is 4.79 Å². The van der Waals surface area contributed by atoms with Gasteiger partial charge in [-0.25, -0.2) is 0 Å². The second-order valence-corrected chi connectivity index (χ2v) is 7.27. The van der Waals surface area contributed by atoms with Crippen LogP contribution in [0, 0.1) is 0 Å². The summed E-state index contributed by atoms with van der Waals surface area (Å²) in [6.45, 7) is 1.90. The molecule has 0 aliphatic carbocycles. The average Bonchev–Trinajstić information content (AvgIpc) is 3.11. The molecule has 1 fully saturated rings. The molecule has 2 aromatic carbocycles. The molecule has 1 saturated heterocycles. The molecule has 5 heteroatoms. The number of rotatable bonds is 4. The van der Waals surface area contributed by atoms with E-state index in [1.807, 2.05) is 67.7 Å². The van der Waals surface area contributed by atoms with Crippen molar-refractivity contribution in [2.45, 2.75) is 12.1 Å². The fourth-order valence-corrected chi connectivity index (χ4v) is 3.92.